The van der Waals surface area contributed by atoms with Crippen LogP contribution in [0.3, 0.4) is 0 Å². The fourth-order valence-corrected chi connectivity index (χ4v) is 2.89. The van der Waals surface area contributed by atoms with Crippen LogP contribution in [0.4, 0.5) is 11.6 Å². The molecule has 124 valence electrons. The highest BCUT2D eigenvalue weighted by atomic mass is 35.5. The summed E-state index contributed by atoms with van der Waals surface area (Å²) in [6, 6.07) is 13.7. The lowest BCUT2D eigenvalue weighted by Crippen LogP contribution is -2.20. The second-order valence-corrected chi connectivity index (χ2v) is 5.97. The SMILES string of the molecule is O=[N+]([O-])c1ccc([C@H]2C=C(c3ccc(Cl)cc3)Nc3ncnn32)cc1. The van der Waals surface area contributed by atoms with Gasteiger partial charge in [-0.1, -0.05) is 23.7 Å². The van der Waals surface area contributed by atoms with Crippen LogP contribution in [-0.2, 0) is 0 Å². The fourth-order valence-electron chi connectivity index (χ4n) is 2.76. The molecule has 1 aliphatic heterocycles. The first-order chi connectivity index (χ1) is 12.1. The largest absolute Gasteiger partial charge is 0.324 e. The van der Waals surface area contributed by atoms with E-state index in [2.05, 4.69) is 15.4 Å². The van der Waals surface area contributed by atoms with Gasteiger partial charge in [-0.05, 0) is 41.5 Å². The maximum absolute atomic E-state index is 10.9. The summed E-state index contributed by atoms with van der Waals surface area (Å²) in [5, 5.41) is 19.0. The van der Waals surface area contributed by atoms with E-state index in [1.165, 1.54) is 18.5 Å². The minimum atomic E-state index is -0.415. The number of anilines is 1. The minimum absolute atomic E-state index is 0.0541. The number of halogens is 1. The molecule has 1 aromatic heterocycles. The number of nitrogens with zero attached hydrogens (tertiary/aromatic N) is 4. The molecule has 0 saturated heterocycles. The number of nitro benzene ring substituents is 1. The van der Waals surface area contributed by atoms with Gasteiger partial charge in [0.05, 0.1) is 4.92 Å². The molecule has 7 nitrogen and oxygen atoms in total. The van der Waals surface area contributed by atoms with Crippen molar-refractivity contribution in [2.45, 2.75) is 6.04 Å². The standard InChI is InChI=1S/C17H12ClN5O2/c18-13-5-1-11(2-6-13)15-9-16(22-17(21-15)19-10-20-22)12-3-7-14(8-4-12)23(24)25/h1-10,16H,(H,19,20,21)/t16-/m1/s1. The molecule has 2 heterocycles. The Morgan fingerprint density at radius 1 is 1.12 bits per heavy atom. The number of hydrogen-bond acceptors (Lipinski definition) is 5. The van der Waals surface area contributed by atoms with Crippen molar-refractivity contribution in [1.29, 1.82) is 0 Å². The van der Waals surface area contributed by atoms with Crippen molar-refractivity contribution in [1.82, 2.24) is 14.8 Å². The molecule has 1 aliphatic rings. The van der Waals surface area contributed by atoms with Gasteiger partial charge in [-0.3, -0.25) is 10.1 Å². The van der Waals surface area contributed by atoms with Gasteiger partial charge < -0.3 is 5.32 Å². The van der Waals surface area contributed by atoms with Gasteiger partial charge in [-0.25, -0.2) is 4.68 Å². The molecule has 25 heavy (non-hydrogen) atoms. The van der Waals surface area contributed by atoms with Crippen LogP contribution >= 0.6 is 11.6 Å². The topological polar surface area (TPSA) is 85.9 Å². The third-order valence-electron chi connectivity index (χ3n) is 4.01. The first kappa shape index (κ1) is 15.3. The van der Waals surface area contributed by atoms with Gasteiger partial charge in [0.2, 0.25) is 5.95 Å². The highest BCUT2D eigenvalue weighted by Gasteiger charge is 2.23. The number of non-ortho nitro benzene ring substituents is 1. The number of fused-ring (bicyclic) bond motifs is 1. The molecule has 4 rings (SSSR count). The number of nitro groups is 1. The van der Waals surface area contributed by atoms with Crippen molar-refractivity contribution >= 4 is 28.9 Å². The van der Waals surface area contributed by atoms with E-state index >= 15 is 0 Å². The second kappa shape index (κ2) is 6.03. The van der Waals surface area contributed by atoms with Gasteiger partial charge in [0, 0.05) is 22.9 Å². The Kier molecular flexibility index (Phi) is 3.70. The van der Waals surface area contributed by atoms with Crippen LogP contribution in [0.15, 0.2) is 60.9 Å². The highest BCUT2D eigenvalue weighted by Crippen LogP contribution is 2.32. The number of allylic oxidation sites excluding steroid dienone is 1. The van der Waals surface area contributed by atoms with Gasteiger partial charge in [-0.15, -0.1) is 0 Å². The summed E-state index contributed by atoms with van der Waals surface area (Å²) in [6.07, 6.45) is 3.48. The molecule has 3 aromatic rings. The maximum atomic E-state index is 10.9. The molecule has 1 atom stereocenters. The van der Waals surface area contributed by atoms with Crippen LogP contribution in [0.2, 0.25) is 5.02 Å². The number of benzene rings is 2. The summed E-state index contributed by atoms with van der Waals surface area (Å²) in [5.41, 5.74) is 2.77. The predicted molar refractivity (Wildman–Crippen MR) is 94.3 cm³/mol. The van der Waals surface area contributed by atoms with Crippen LogP contribution in [0.5, 0.6) is 0 Å². The van der Waals surface area contributed by atoms with E-state index < -0.39 is 4.92 Å². The summed E-state index contributed by atoms with van der Waals surface area (Å²) >= 11 is 5.96. The van der Waals surface area contributed by atoms with Gasteiger partial charge in [-0.2, -0.15) is 10.1 Å². The molecular weight excluding hydrogens is 342 g/mol. The monoisotopic (exact) mass is 353 g/mol. The van der Waals surface area contributed by atoms with E-state index in [0.29, 0.717) is 11.0 Å². The Morgan fingerprint density at radius 2 is 1.84 bits per heavy atom. The lowest BCUT2D eigenvalue weighted by atomic mass is 10.0. The average Bonchev–Trinajstić information content (AvgIpc) is 3.10. The molecule has 1 N–H and O–H groups in total. The maximum Gasteiger partial charge on any atom is 0.269 e. The van der Waals surface area contributed by atoms with Crippen molar-refractivity contribution < 1.29 is 4.92 Å². The normalized spacial score (nSPS) is 15.9. The minimum Gasteiger partial charge on any atom is -0.324 e. The Balaban J connectivity index is 1.76. The van der Waals surface area contributed by atoms with Gasteiger partial charge >= 0.3 is 0 Å². The summed E-state index contributed by atoms with van der Waals surface area (Å²) in [4.78, 5) is 14.7. The average molecular weight is 354 g/mol. The van der Waals surface area contributed by atoms with E-state index in [-0.39, 0.29) is 11.7 Å². The van der Waals surface area contributed by atoms with Gasteiger partial charge in [0.15, 0.2) is 0 Å². The van der Waals surface area contributed by atoms with E-state index in [1.54, 1.807) is 16.8 Å². The second-order valence-electron chi connectivity index (χ2n) is 5.53. The molecule has 0 bridgehead atoms. The van der Waals surface area contributed by atoms with Gasteiger partial charge in [0.25, 0.3) is 5.69 Å². The third kappa shape index (κ3) is 2.85. The molecule has 0 spiro atoms. The zero-order valence-corrected chi connectivity index (χ0v) is 13.6. The molecule has 0 saturated carbocycles. The van der Waals surface area contributed by atoms with Crippen molar-refractivity contribution in [2.75, 3.05) is 5.32 Å². The summed E-state index contributed by atoms with van der Waals surface area (Å²) in [7, 11) is 0. The fraction of sp³-hybridized carbons (Fsp3) is 0.0588. The Labute approximate surface area is 147 Å². The number of aromatic nitrogens is 3. The highest BCUT2D eigenvalue weighted by molar-refractivity contribution is 6.30. The summed E-state index contributed by atoms with van der Waals surface area (Å²) in [6.45, 7) is 0. The first-order valence-electron chi connectivity index (χ1n) is 7.50. The van der Waals surface area contributed by atoms with E-state index in [0.717, 1.165) is 16.8 Å². The smallest absolute Gasteiger partial charge is 0.269 e. The first-order valence-corrected chi connectivity index (χ1v) is 7.88. The zero-order valence-electron chi connectivity index (χ0n) is 12.8. The Bertz CT molecular complexity index is 963. The Hall–Kier alpha value is -3.19. The lowest BCUT2D eigenvalue weighted by Gasteiger charge is -2.24. The predicted octanol–water partition coefficient (Wildman–Crippen LogP) is 3.90. The number of rotatable bonds is 3. The lowest BCUT2D eigenvalue weighted by molar-refractivity contribution is -0.384. The molecule has 0 amide bonds. The zero-order chi connectivity index (χ0) is 17.4. The third-order valence-corrected chi connectivity index (χ3v) is 4.26. The van der Waals surface area contributed by atoms with Crippen LogP contribution in [-0.4, -0.2) is 19.7 Å². The van der Waals surface area contributed by atoms with Crippen LogP contribution in [0, 0.1) is 10.1 Å². The van der Waals surface area contributed by atoms with Crippen molar-refractivity contribution in [3.63, 3.8) is 0 Å². The Morgan fingerprint density at radius 3 is 2.52 bits per heavy atom. The molecule has 0 aliphatic carbocycles. The summed E-state index contributed by atoms with van der Waals surface area (Å²) < 4.78 is 1.74. The molecule has 0 fully saturated rings. The van der Waals surface area contributed by atoms with E-state index in [4.69, 9.17) is 11.6 Å². The van der Waals surface area contributed by atoms with Crippen LogP contribution in [0.1, 0.15) is 17.2 Å². The number of hydrogen-bond donors (Lipinski definition) is 1. The van der Waals surface area contributed by atoms with E-state index in [1.807, 2.05) is 30.3 Å². The van der Waals surface area contributed by atoms with Crippen molar-refractivity contribution in [2.24, 2.45) is 0 Å². The van der Waals surface area contributed by atoms with Crippen molar-refractivity contribution in [3.05, 3.63) is 87.2 Å². The number of nitrogens with one attached hydrogen (secondary N) is 1. The summed E-state index contributed by atoms with van der Waals surface area (Å²) in [5.74, 6) is 0.607. The van der Waals surface area contributed by atoms with Crippen LogP contribution in [0.25, 0.3) is 5.70 Å². The van der Waals surface area contributed by atoms with Crippen molar-refractivity contribution in [3.8, 4) is 0 Å². The molecule has 0 radical (unpaired) electrons. The molecule has 0 unspecified atom stereocenters. The molecule has 2 aromatic carbocycles. The molecular formula is C17H12ClN5O2. The molecule has 8 heteroatoms. The quantitative estimate of drug-likeness (QED) is 0.570. The van der Waals surface area contributed by atoms with Crippen LogP contribution < -0.4 is 5.32 Å². The van der Waals surface area contributed by atoms with Gasteiger partial charge in [0.1, 0.15) is 12.4 Å². The van der Waals surface area contributed by atoms with E-state index in [9.17, 15) is 10.1 Å².